The third kappa shape index (κ3) is 4.40. The summed E-state index contributed by atoms with van der Waals surface area (Å²) in [4.78, 5) is 10.5. The molecule has 0 unspecified atom stereocenters. The minimum absolute atomic E-state index is 0.720. The van der Waals surface area contributed by atoms with Gasteiger partial charge in [0, 0.05) is 16.7 Å². The summed E-state index contributed by atoms with van der Waals surface area (Å²) in [6, 6.07) is 55.7. The number of benzene rings is 7. The standard InChI is InChI=1S/C40H26N2/c1-2-10-27(11-3-1)35-24-32-16-8-9-17-36(32)37(25-35)40-41-38(33-20-18-28-12-4-6-14-30(28)22-33)26-39(42-40)34-21-19-29-13-5-7-15-31(29)23-34/h1-26H. The molecule has 8 aromatic rings. The lowest BCUT2D eigenvalue weighted by atomic mass is 9.96. The van der Waals surface area contributed by atoms with E-state index in [2.05, 4.69) is 158 Å². The van der Waals surface area contributed by atoms with Gasteiger partial charge in [0.15, 0.2) is 5.82 Å². The first-order chi connectivity index (χ1) is 20.8. The van der Waals surface area contributed by atoms with Crippen molar-refractivity contribution in [3.05, 3.63) is 158 Å². The average Bonchev–Trinajstić information content (AvgIpc) is 3.07. The van der Waals surface area contributed by atoms with Crippen LogP contribution in [0.3, 0.4) is 0 Å². The Kier molecular flexibility index (Phi) is 5.82. The van der Waals surface area contributed by atoms with E-state index in [1.807, 2.05) is 0 Å². The molecule has 0 bridgehead atoms. The maximum absolute atomic E-state index is 5.24. The lowest BCUT2D eigenvalue weighted by Crippen LogP contribution is -1.97. The molecular weight excluding hydrogens is 508 g/mol. The molecule has 0 saturated carbocycles. The summed E-state index contributed by atoms with van der Waals surface area (Å²) in [6.07, 6.45) is 0. The van der Waals surface area contributed by atoms with Gasteiger partial charge in [-0.2, -0.15) is 0 Å². The molecule has 1 heterocycles. The second kappa shape index (κ2) is 10.1. The van der Waals surface area contributed by atoms with Crippen molar-refractivity contribution in [3.63, 3.8) is 0 Å². The molecule has 196 valence electrons. The quantitative estimate of drug-likeness (QED) is 0.224. The van der Waals surface area contributed by atoms with Crippen LogP contribution in [0.5, 0.6) is 0 Å². The molecule has 2 heteroatoms. The first kappa shape index (κ1) is 24.2. The molecule has 0 radical (unpaired) electrons. The van der Waals surface area contributed by atoms with Gasteiger partial charge in [-0.3, -0.25) is 0 Å². The van der Waals surface area contributed by atoms with Gasteiger partial charge >= 0.3 is 0 Å². The highest BCUT2D eigenvalue weighted by molar-refractivity contribution is 5.99. The van der Waals surface area contributed by atoms with Crippen LogP contribution in [0.2, 0.25) is 0 Å². The zero-order valence-corrected chi connectivity index (χ0v) is 22.9. The van der Waals surface area contributed by atoms with Gasteiger partial charge in [-0.25, -0.2) is 9.97 Å². The summed E-state index contributed by atoms with van der Waals surface area (Å²) in [5.74, 6) is 0.720. The van der Waals surface area contributed by atoms with Crippen molar-refractivity contribution < 1.29 is 0 Å². The summed E-state index contributed by atoms with van der Waals surface area (Å²) >= 11 is 0. The minimum atomic E-state index is 0.720. The van der Waals surface area contributed by atoms with Crippen LogP contribution < -0.4 is 0 Å². The van der Waals surface area contributed by atoms with E-state index in [1.54, 1.807) is 0 Å². The minimum Gasteiger partial charge on any atom is -0.228 e. The first-order valence-corrected chi connectivity index (χ1v) is 14.2. The molecule has 0 aliphatic rings. The van der Waals surface area contributed by atoms with E-state index >= 15 is 0 Å². The van der Waals surface area contributed by atoms with Crippen LogP contribution in [0.25, 0.3) is 77.3 Å². The number of aromatic nitrogens is 2. The summed E-state index contributed by atoms with van der Waals surface area (Å²) in [7, 11) is 0. The summed E-state index contributed by atoms with van der Waals surface area (Å²) in [5.41, 5.74) is 7.30. The molecule has 0 saturated heterocycles. The smallest absolute Gasteiger partial charge is 0.161 e. The lowest BCUT2D eigenvalue weighted by molar-refractivity contribution is 1.19. The second-order valence-corrected chi connectivity index (χ2v) is 10.7. The van der Waals surface area contributed by atoms with Gasteiger partial charge in [0.1, 0.15) is 0 Å². The predicted molar refractivity (Wildman–Crippen MR) is 176 cm³/mol. The third-order valence-corrected chi connectivity index (χ3v) is 8.03. The van der Waals surface area contributed by atoms with E-state index in [1.165, 1.54) is 32.5 Å². The molecule has 1 aromatic heterocycles. The molecule has 0 N–H and O–H groups in total. The molecule has 0 atom stereocenters. The zero-order valence-electron chi connectivity index (χ0n) is 22.9. The molecular formula is C40H26N2. The Morgan fingerprint density at radius 3 is 1.43 bits per heavy atom. The molecule has 8 rings (SSSR count). The normalized spacial score (nSPS) is 11.3. The van der Waals surface area contributed by atoms with E-state index < -0.39 is 0 Å². The van der Waals surface area contributed by atoms with E-state index in [4.69, 9.17) is 9.97 Å². The summed E-state index contributed by atoms with van der Waals surface area (Å²) in [5, 5.41) is 7.12. The fraction of sp³-hybridized carbons (Fsp3) is 0. The van der Waals surface area contributed by atoms with Crippen LogP contribution in [0.15, 0.2) is 158 Å². The molecule has 0 aliphatic carbocycles. The highest BCUT2D eigenvalue weighted by atomic mass is 14.9. The van der Waals surface area contributed by atoms with Crippen LogP contribution in [0.1, 0.15) is 0 Å². The van der Waals surface area contributed by atoms with Crippen molar-refractivity contribution in [1.29, 1.82) is 0 Å². The Morgan fingerprint density at radius 2 is 0.810 bits per heavy atom. The van der Waals surface area contributed by atoms with Gasteiger partial charge in [0.25, 0.3) is 0 Å². The Morgan fingerprint density at radius 1 is 0.310 bits per heavy atom. The topological polar surface area (TPSA) is 25.8 Å². The van der Waals surface area contributed by atoms with Gasteiger partial charge in [0.05, 0.1) is 11.4 Å². The van der Waals surface area contributed by atoms with E-state index in [0.29, 0.717) is 0 Å². The third-order valence-electron chi connectivity index (χ3n) is 8.03. The maximum atomic E-state index is 5.24. The van der Waals surface area contributed by atoms with E-state index in [0.717, 1.165) is 44.9 Å². The molecule has 0 fully saturated rings. The monoisotopic (exact) mass is 534 g/mol. The van der Waals surface area contributed by atoms with Gasteiger partial charge in [-0.15, -0.1) is 0 Å². The highest BCUT2D eigenvalue weighted by Crippen LogP contribution is 2.36. The van der Waals surface area contributed by atoms with Crippen molar-refractivity contribution in [1.82, 2.24) is 9.97 Å². The number of rotatable bonds is 4. The van der Waals surface area contributed by atoms with Gasteiger partial charge in [0.2, 0.25) is 0 Å². The van der Waals surface area contributed by atoms with Crippen molar-refractivity contribution in [2.75, 3.05) is 0 Å². The predicted octanol–water partition coefficient (Wildman–Crippen LogP) is 10.6. The Balaban J connectivity index is 1.39. The van der Waals surface area contributed by atoms with Crippen molar-refractivity contribution in [2.24, 2.45) is 0 Å². The maximum Gasteiger partial charge on any atom is 0.161 e. The average molecular weight is 535 g/mol. The Labute approximate surface area is 244 Å². The molecule has 0 amide bonds. The second-order valence-electron chi connectivity index (χ2n) is 10.7. The van der Waals surface area contributed by atoms with Gasteiger partial charge < -0.3 is 0 Å². The number of fused-ring (bicyclic) bond motifs is 3. The van der Waals surface area contributed by atoms with Crippen LogP contribution in [-0.4, -0.2) is 9.97 Å². The lowest BCUT2D eigenvalue weighted by Gasteiger charge is -2.14. The Bertz CT molecular complexity index is 2150. The van der Waals surface area contributed by atoms with Gasteiger partial charge in [-0.1, -0.05) is 127 Å². The van der Waals surface area contributed by atoms with Gasteiger partial charge in [-0.05, 0) is 73.8 Å². The largest absolute Gasteiger partial charge is 0.228 e. The van der Waals surface area contributed by atoms with Crippen molar-refractivity contribution >= 4 is 32.3 Å². The fourth-order valence-corrected chi connectivity index (χ4v) is 5.85. The van der Waals surface area contributed by atoms with Crippen LogP contribution in [0, 0.1) is 0 Å². The molecule has 2 nitrogen and oxygen atoms in total. The number of hydrogen-bond acceptors (Lipinski definition) is 2. The van der Waals surface area contributed by atoms with Crippen LogP contribution >= 0.6 is 0 Å². The fourth-order valence-electron chi connectivity index (χ4n) is 5.85. The van der Waals surface area contributed by atoms with Crippen molar-refractivity contribution in [3.8, 4) is 45.0 Å². The zero-order chi connectivity index (χ0) is 27.9. The number of hydrogen-bond donors (Lipinski definition) is 0. The summed E-state index contributed by atoms with van der Waals surface area (Å²) < 4.78 is 0. The Hall–Kier alpha value is -5.60. The first-order valence-electron chi connectivity index (χ1n) is 14.2. The van der Waals surface area contributed by atoms with Crippen molar-refractivity contribution in [2.45, 2.75) is 0 Å². The number of nitrogens with zero attached hydrogens (tertiary/aromatic N) is 2. The van der Waals surface area contributed by atoms with Crippen LogP contribution in [-0.2, 0) is 0 Å². The summed E-state index contributed by atoms with van der Waals surface area (Å²) in [6.45, 7) is 0. The van der Waals surface area contributed by atoms with E-state index in [9.17, 15) is 0 Å². The van der Waals surface area contributed by atoms with E-state index in [-0.39, 0.29) is 0 Å². The molecule has 42 heavy (non-hydrogen) atoms. The molecule has 0 spiro atoms. The molecule has 7 aromatic carbocycles. The highest BCUT2D eigenvalue weighted by Gasteiger charge is 2.15. The van der Waals surface area contributed by atoms with Crippen LogP contribution in [0.4, 0.5) is 0 Å². The SMILES string of the molecule is c1ccc(-c2cc(-c3nc(-c4ccc5ccccc5c4)cc(-c4ccc5ccccc5c4)n3)c3ccccc3c2)cc1. The molecule has 0 aliphatic heterocycles.